The number of anilines is 1. The molecule has 0 aliphatic heterocycles. The maximum absolute atomic E-state index is 6.06. The fraction of sp³-hybridized carbons (Fsp3) is 0.188. The van der Waals surface area contributed by atoms with Gasteiger partial charge in [0.1, 0.15) is 5.82 Å². The van der Waals surface area contributed by atoms with E-state index in [2.05, 4.69) is 15.1 Å². The highest BCUT2D eigenvalue weighted by Crippen LogP contribution is 2.22. The molecule has 0 saturated carbocycles. The highest BCUT2D eigenvalue weighted by atomic mass is 35.5. The number of rotatable bonds is 4. The van der Waals surface area contributed by atoms with Crippen molar-refractivity contribution in [3.05, 3.63) is 51.9 Å². The molecule has 0 atom stereocenters. The third-order valence-electron chi connectivity index (χ3n) is 3.89. The van der Waals surface area contributed by atoms with E-state index in [9.17, 15) is 0 Å². The number of aromatic nitrogens is 5. The zero-order valence-corrected chi connectivity index (χ0v) is 14.8. The van der Waals surface area contributed by atoms with Gasteiger partial charge in [-0.1, -0.05) is 11.6 Å². The van der Waals surface area contributed by atoms with Crippen LogP contribution in [0.3, 0.4) is 0 Å². The van der Waals surface area contributed by atoms with Gasteiger partial charge < -0.3 is 9.47 Å². The Morgan fingerprint density at radius 2 is 2.12 bits per heavy atom. The standard InChI is InChI=1S/C16H15ClN6S/c1-21-8-12(17)7-13(21)9-22(2)15-4-3-14-18-19-16(23(14)20-15)11-5-6-24-10-11/h3-8,10H,9H2,1-2H3. The molecule has 0 N–H and O–H groups in total. The lowest BCUT2D eigenvalue weighted by Crippen LogP contribution is -2.20. The van der Waals surface area contributed by atoms with E-state index in [-0.39, 0.29) is 0 Å². The number of thiophene rings is 1. The number of hydrogen-bond acceptors (Lipinski definition) is 5. The third-order valence-corrected chi connectivity index (χ3v) is 4.78. The Kier molecular flexibility index (Phi) is 3.74. The summed E-state index contributed by atoms with van der Waals surface area (Å²) in [5, 5.41) is 18.0. The van der Waals surface area contributed by atoms with Crippen LogP contribution in [0.2, 0.25) is 5.02 Å². The molecule has 0 unspecified atom stereocenters. The molecule has 0 saturated heterocycles. The van der Waals surface area contributed by atoms with Gasteiger partial charge in [-0.05, 0) is 29.6 Å². The molecule has 0 bridgehead atoms. The van der Waals surface area contributed by atoms with E-state index >= 15 is 0 Å². The van der Waals surface area contributed by atoms with E-state index in [1.54, 1.807) is 15.9 Å². The minimum Gasteiger partial charge on any atom is -0.352 e. The Morgan fingerprint density at radius 3 is 2.83 bits per heavy atom. The Labute approximate surface area is 147 Å². The SMILES string of the molecule is CN(Cc1cc(Cl)cn1C)c1ccc2nnc(-c3ccsc3)n2n1. The van der Waals surface area contributed by atoms with Gasteiger partial charge in [0.15, 0.2) is 11.5 Å². The lowest BCUT2D eigenvalue weighted by molar-refractivity contribution is 0.770. The first-order valence-corrected chi connectivity index (χ1v) is 8.71. The molecule has 4 aromatic heterocycles. The molecule has 0 radical (unpaired) electrons. The zero-order valence-electron chi connectivity index (χ0n) is 13.2. The number of aryl methyl sites for hydroxylation is 1. The molecule has 4 rings (SSSR count). The zero-order chi connectivity index (χ0) is 16.7. The molecule has 6 nitrogen and oxygen atoms in total. The van der Waals surface area contributed by atoms with Crippen LogP contribution in [0.1, 0.15) is 5.69 Å². The van der Waals surface area contributed by atoms with Crippen LogP contribution in [0, 0.1) is 0 Å². The first kappa shape index (κ1) is 15.2. The largest absolute Gasteiger partial charge is 0.352 e. The highest BCUT2D eigenvalue weighted by molar-refractivity contribution is 7.08. The van der Waals surface area contributed by atoms with Crippen molar-refractivity contribution in [2.75, 3.05) is 11.9 Å². The maximum Gasteiger partial charge on any atom is 0.186 e. The van der Waals surface area contributed by atoms with Crippen molar-refractivity contribution in [2.24, 2.45) is 7.05 Å². The second-order valence-corrected chi connectivity index (χ2v) is 6.83. The summed E-state index contributed by atoms with van der Waals surface area (Å²) in [5.74, 6) is 1.60. The molecule has 4 heterocycles. The smallest absolute Gasteiger partial charge is 0.186 e. The van der Waals surface area contributed by atoms with E-state index in [1.165, 1.54) is 0 Å². The average molecular weight is 359 g/mol. The van der Waals surface area contributed by atoms with Gasteiger partial charge in [-0.2, -0.15) is 15.9 Å². The predicted molar refractivity (Wildman–Crippen MR) is 96.6 cm³/mol. The minimum absolute atomic E-state index is 0.706. The van der Waals surface area contributed by atoms with Crippen molar-refractivity contribution in [3.63, 3.8) is 0 Å². The highest BCUT2D eigenvalue weighted by Gasteiger charge is 2.13. The van der Waals surface area contributed by atoms with Crippen molar-refractivity contribution in [2.45, 2.75) is 6.54 Å². The van der Waals surface area contributed by atoms with Crippen LogP contribution in [-0.4, -0.2) is 31.4 Å². The quantitative estimate of drug-likeness (QED) is 0.560. The van der Waals surface area contributed by atoms with E-state index in [1.807, 2.05) is 59.9 Å². The summed E-state index contributed by atoms with van der Waals surface area (Å²) >= 11 is 7.69. The van der Waals surface area contributed by atoms with Crippen LogP contribution in [0.5, 0.6) is 0 Å². The molecule has 122 valence electrons. The van der Waals surface area contributed by atoms with Crippen molar-refractivity contribution < 1.29 is 0 Å². The lowest BCUT2D eigenvalue weighted by atomic mass is 10.3. The average Bonchev–Trinajstić information content (AvgIpc) is 3.27. The minimum atomic E-state index is 0.706. The van der Waals surface area contributed by atoms with E-state index < -0.39 is 0 Å². The Morgan fingerprint density at radius 1 is 1.25 bits per heavy atom. The third kappa shape index (κ3) is 2.65. The normalized spacial score (nSPS) is 11.3. The number of hydrogen-bond donors (Lipinski definition) is 0. The van der Waals surface area contributed by atoms with Gasteiger partial charge in [0.25, 0.3) is 0 Å². The fourth-order valence-corrected chi connectivity index (χ4v) is 3.51. The summed E-state index contributed by atoms with van der Waals surface area (Å²) in [7, 11) is 3.99. The van der Waals surface area contributed by atoms with E-state index in [4.69, 9.17) is 16.7 Å². The molecule has 0 amide bonds. The lowest BCUT2D eigenvalue weighted by Gasteiger charge is -2.18. The molecule has 24 heavy (non-hydrogen) atoms. The molecule has 4 aromatic rings. The number of nitrogens with zero attached hydrogens (tertiary/aromatic N) is 6. The fourth-order valence-electron chi connectivity index (χ4n) is 2.60. The van der Waals surface area contributed by atoms with Crippen LogP contribution in [0.15, 0.2) is 41.2 Å². The molecular weight excluding hydrogens is 344 g/mol. The van der Waals surface area contributed by atoms with Crippen LogP contribution in [-0.2, 0) is 13.6 Å². The topological polar surface area (TPSA) is 51.2 Å². The van der Waals surface area contributed by atoms with Gasteiger partial charge in [0, 0.05) is 36.9 Å². The molecule has 8 heteroatoms. The summed E-state index contributed by atoms with van der Waals surface area (Å²) in [5.41, 5.74) is 2.87. The summed E-state index contributed by atoms with van der Waals surface area (Å²) in [4.78, 5) is 2.07. The van der Waals surface area contributed by atoms with Gasteiger partial charge in [0.2, 0.25) is 0 Å². The first-order valence-electron chi connectivity index (χ1n) is 7.39. The Balaban J connectivity index is 1.69. The van der Waals surface area contributed by atoms with Crippen LogP contribution < -0.4 is 4.90 Å². The van der Waals surface area contributed by atoms with Gasteiger partial charge in [0.05, 0.1) is 11.6 Å². The number of fused-ring (bicyclic) bond motifs is 1. The monoisotopic (exact) mass is 358 g/mol. The van der Waals surface area contributed by atoms with Gasteiger partial charge >= 0.3 is 0 Å². The second-order valence-electron chi connectivity index (χ2n) is 5.61. The summed E-state index contributed by atoms with van der Waals surface area (Å²) in [6.45, 7) is 0.706. The molecule has 0 aliphatic carbocycles. The molecular formula is C16H15ClN6S. The van der Waals surface area contributed by atoms with E-state index in [0.29, 0.717) is 6.54 Å². The Bertz CT molecular complexity index is 988. The Hall–Kier alpha value is -2.38. The molecule has 0 aliphatic rings. The van der Waals surface area contributed by atoms with Crippen molar-refractivity contribution in [3.8, 4) is 11.4 Å². The number of halogens is 1. The molecule has 0 aromatic carbocycles. The molecule has 0 fully saturated rings. The first-order chi connectivity index (χ1) is 11.6. The van der Waals surface area contributed by atoms with Crippen molar-refractivity contribution >= 4 is 34.4 Å². The van der Waals surface area contributed by atoms with Gasteiger partial charge in [-0.25, -0.2) is 0 Å². The van der Waals surface area contributed by atoms with Crippen molar-refractivity contribution in [1.29, 1.82) is 0 Å². The second kappa shape index (κ2) is 5.92. The van der Waals surface area contributed by atoms with Crippen LogP contribution >= 0.6 is 22.9 Å². The van der Waals surface area contributed by atoms with Crippen LogP contribution in [0.25, 0.3) is 17.0 Å². The summed E-state index contributed by atoms with van der Waals surface area (Å²) in [6.07, 6.45) is 1.90. The summed E-state index contributed by atoms with van der Waals surface area (Å²) in [6, 6.07) is 7.86. The van der Waals surface area contributed by atoms with Gasteiger partial charge in [-0.15, -0.1) is 15.3 Å². The molecule has 0 spiro atoms. The van der Waals surface area contributed by atoms with Gasteiger partial charge in [-0.3, -0.25) is 0 Å². The summed E-state index contributed by atoms with van der Waals surface area (Å²) < 4.78 is 3.80. The maximum atomic E-state index is 6.06. The van der Waals surface area contributed by atoms with Crippen LogP contribution in [0.4, 0.5) is 5.82 Å². The van der Waals surface area contributed by atoms with Crippen molar-refractivity contribution in [1.82, 2.24) is 24.4 Å². The van der Waals surface area contributed by atoms with E-state index in [0.717, 1.165) is 33.6 Å². The predicted octanol–water partition coefficient (Wildman–Crippen LogP) is 3.48.